The highest BCUT2D eigenvalue weighted by molar-refractivity contribution is 5.79. The van der Waals surface area contributed by atoms with Crippen LogP contribution in [-0.2, 0) is 4.79 Å². The zero-order valence-electron chi connectivity index (χ0n) is 14.0. The lowest BCUT2D eigenvalue weighted by atomic mass is 9.87. The summed E-state index contributed by atoms with van der Waals surface area (Å²) in [5, 5.41) is 0. The van der Waals surface area contributed by atoms with Crippen molar-refractivity contribution in [3.63, 3.8) is 0 Å². The summed E-state index contributed by atoms with van der Waals surface area (Å²) in [5.41, 5.74) is 0.924. The number of anilines is 2. The fourth-order valence-corrected chi connectivity index (χ4v) is 3.77. The van der Waals surface area contributed by atoms with Gasteiger partial charge in [-0.15, -0.1) is 0 Å². The van der Waals surface area contributed by atoms with Gasteiger partial charge in [0.15, 0.2) is 5.82 Å². The maximum atomic E-state index is 11.8. The second-order valence-electron chi connectivity index (χ2n) is 6.55. The lowest BCUT2D eigenvalue weighted by molar-refractivity contribution is -0.109. The molecule has 0 spiro atoms. The van der Waals surface area contributed by atoms with Crippen molar-refractivity contribution in [1.82, 2.24) is 19.5 Å². The molecule has 4 rings (SSSR count). The molecular formula is C17H22N6O. The Morgan fingerprint density at radius 1 is 1.38 bits per heavy atom. The number of carbonyl (C=O) groups excluding carboxylic acids is 1. The summed E-state index contributed by atoms with van der Waals surface area (Å²) in [6.45, 7) is 2.14. The van der Waals surface area contributed by atoms with E-state index in [0.29, 0.717) is 12.0 Å². The van der Waals surface area contributed by atoms with E-state index in [9.17, 15) is 4.79 Å². The molecule has 1 aliphatic heterocycles. The molecule has 2 aliphatic rings. The van der Waals surface area contributed by atoms with Crippen molar-refractivity contribution in [1.29, 1.82) is 0 Å². The lowest BCUT2D eigenvalue weighted by Gasteiger charge is -2.51. The fraction of sp³-hybridized carbons (Fsp3) is 0.529. The van der Waals surface area contributed by atoms with Crippen LogP contribution in [0.2, 0.25) is 0 Å². The van der Waals surface area contributed by atoms with E-state index in [0.717, 1.165) is 37.1 Å². The molecule has 1 saturated carbocycles. The van der Waals surface area contributed by atoms with Crippen LogP contribution < -0.4 is 9.80 Å². The minimum atomic E-state index is -0.161. The van der Waals surface area contributed by atoms with Crippen LogP contribution in [0.25, 0.3) is 5.95 Å². The Balaban J connectivity index is 1.84. The molecule has 3 heterocycles. The van der Waals surface area contributed by atoms with Gasteiger partial charge >= 0.3 is 0 Å². The number of rotatable bonds is 4. The van der Waals surface area contributed by atoms with E-state index in [1.54, 1.807) is 12.5 Å². The summed E-state index contributed by atoms with van der Waals surface area (Å²) >= 11 is 0. The fourth-order valence-electron chi connectivity index (χ4n) is 3.77. The smallest absolute Gasteiger partial charge is 0.236 e. The van der Waals surface area contributed by atoms with Gasteiger partial charge in [0.25, 0.3) is 0 Å². The number of aldehydes is 1. The maximum absolute atomic E-state index is 11.8. The van der Waals surface area contributed by atoms with Gasteiger partial charge in [-0.05, 0) is 25.7 Å². The molecule has 0 bridgehead atoms. The van der Waals surface area contributed by atoms with E-state index >= 15 is 0 Å². The third-order valence-corrected chi connectivity index (χ3v) is 5.32. The Bertz CT molecular complexity index is 727. The van der Waals surface area contributed by atoms with Crippen molar-refractivity contribution in [3.8, 4) is 5.95 Å². The third-order valence-electron chi connectivity index (χ3n) is 5.32. The highest BCUT2D eigenvalue weighted by atomic mass is 16.1. The molecule has 2 aromatic heterocycles. The molecule has 7 nitrogen and oxygen atoms in total. The summed E-state index contributed by atoms with van der Waals surface area (Å²) in [6.07, 6.45) is 12.6. The van der Waals surface area contributed by atoms with Crippen LogP contribution in [0.3, 0.4) is 0 Å². The SMILES string of the molecule is CCC1C(C=O)N(C)c2cnc(-n3ccnc3)nc2N1C1CCC1. The number of aromatic nitrogens is 4. The number of carbonyl (C=O) groups is 1. The van der Waals surface area contributed by atoms with Crippen LogP contribution >= 0.6 is 0 Å². The van der Waals surface area contributed by atoms with E-state index in [-0.39, 0.29) is 12.1 Å². The Morgan fingerprint density at radius 2 is 2.21 bits per heavy atom. The van der Waals surface area contributed by atoms with Crippen LogP contribution in [0.1, 0.15) is 32.6 Å². The predicted octanol–water partition coefficient (Wildman–Crippen LogP) is 1.82. The van der Waals surface area contributed by atoms with Crippen LogP contribution in [0, 0.1) is 0 Å². The van der Waals surface area contributed by atoms with Crippen LogP contribution in [0.5, 0.6) is 0 Å². The Labute approximate surface area is 141 Å². The highest BCUT2D eigenvalue weighted by Gasteiger charge is 2.42. The van der Waals surface area contributed by atoms with Gasteiger partial charge in [-0.2, -0.15) is 4.98 Å². The van der Waals surface area contributed by atoms with Gasteiger partial charge in [0, 0.05) is 25.5 Å². The summed E-state index contributed by atoms with van der Waals surface area (Å²) in [6, 6.07) is 0.456. The van der Waals surface area contributed by atoms with Crippen molar-refractivity contribution < 1.29 is 4.79 Å². The quantitative estimate of drug-likeness (QED) is 0.799. The molecule has 0 amide bonds. The molecule has 2 atom stereocenters. The Hall–Kier alpha value is -2.44. The van der Waals surface area contributed by atoms with Gasteiger partial charge < -0.3 is 14.6 Å². The van der Waals surface area contributed by atoms with Gasteiger partial charge in [-0.1, -0.05) is 6.92 Å². The minimum absolute atomic E-state index is 0.149. The number of imidazole rings is 1. The van der Waals surface area contributed by atoms with Crippen molar-refractivity contribution in [2.75, 3.05) is 16.8 Å². The van der Waals surface area contributed by atoms with Crippen LogP contribution in [0.15, 0.2) is 24.9 Å². The summed E-state index contributed by atoms with van der Waals surface area (Å²) in [4.78, 5) is 29.5. The highest BCUT2D eigenvalue weighted by Crippen LogP contribution is 2.41. The molecular weight excluding hydrogens is 304 g/mol. The predicted molar refractivity (Wildman–Crippen MR) is 91.6 cm³/mol. The van der Waals surface area contributed by atoms with E-state index in [1.807, 2.05) is 28.9 Å². The Morgan fingerprint density at radius 3 is 2.79 bits per heavy atom. The monoisotopic (exact) mass is 326 g/mol. The van der Waals surface area contributed by atoms with Crippen molar-refractivity contribution >= 4 is 17.8 Å². The molecule has 2 aromatic rings. The number of likely N-dealkylation sites (N-methyl/N-ethyl adjacent to an activating group) is 1. The number of nitrogens with zero attached hydrogens (tertiary/aromatic N) is 6. The normalized spacial score (nSPS) is 23.8. The number of hydrogen-bond donors (Lipinski definition) is 0. The third kappa shape index (κ3) is 2.18. The molecule has 126 valence electrons. The molecule has 24 heavy (non-hydrogen) atoms. The zero-order chi connectivity index (χ0) is 16.7. The van der Waals surface area contributed by atoms with E-state index in [4.69, 9.17) is 4.98 Å². The molecule has 0 saturated heterocycles. The first-order valence-electron chi connectivity index (χ1n) is 8.56. The zero-order valence-corrected chi connectivity index (χ0v) is 14.0. The Kier molecular flexibility index (Phi) is 3.70. The van der Waals surface area contributed by atoms with Gasteiger partial charge in [0.2, 0.25) is 5.95 Å². The summed E-state index contributed by atoms with van der Waals surface area (Å²) in [7, 11) is 1.96. The average Bonchev–Trinajstić information content (AvgIpc) is 3.09. The largest absolute Gasteiger partial charge is 0.359 e. The second kappa shape index (κ2) is 5.89. The molecule has 0 radical (unpaired) electrons. The molecule has 1 fully saturated rings. The molecule has 0 aromatic carbocycles. The van der Waals surface area contributed by atoms with Crippen molar-refractivity contribution in [2.45, 2.75) is 50.7 Å². The first kappa shape index (κ1) is 15.1. The second-order valence-corrected chi connectivity index (χ2v) is 6.55. The minimum Gasteiger partial charge on any atom is -0.359 e. The topological polar surface area (TPSA) is 67.2 Å². The number of hydrogen-bond acceptors (Lipinski definition) is 6. The number of fused-ring (bicyclic) bond motifs is 1. The first-order valence-corrected chi connectivity index (χ1v) is 8.56. The first-order chi connectivity index (χ1) is 11.7. The standard InChI is InChI=1S/C17H22N6O/c1-3-13-15(10-24)21(2)14-9-19-17(22-8-7-18-11-22)20-16(14)23(13)12-5-4-6-12/h7-13,15H,3-6H2,1-2H3. The summed E-state index contributed by atoms with van der Waals surface area (Å²) in [5.74, 6) is 1.55. The van der Waals surface area contributed by atoms with Gasteiger partial charge in [0.05, 0.1) is 17.9 Å². The molecule has 2 unspecified atom stereocenters. The van der Waals surface area contributed by atoms with Crippen molar-refractivity contribution in [2.24, 2.45) is 0 Å². The summed E-state index contributed by atoms with van der Waals surface area (Å²) < 4.78 is 1.81. The van der Waals surface area contributed by atoms with Gasteiger partial charge in [0.1, 0.15) is 18.7 Å². The van der Waals surface area contributed by atoms with Crippen LogP contribution in [-0.4, -0.2) is 51.0 Å². The van der Waals surface area contributed by atoms with Crippen molar-refractivity contribution in [3.05, 3.63) is 24.9 Å². The lowest BCUT2D eigenvalue weighted by Crippen LogP contribution is -2.60. The average molecular weight is 326 g/mol. The molecule has 7 heteroatoms. The van der Waals surface area contributed by atoms with E-state index in [1.165, 1.54) is 6.42 Å². The van der Waals surface area contributed by atoms with E-state index in [2.05, 4.69) is 21.8 Å². The van der Waals surface area contributed by atoms with Gasteiger partial charge in [-0.25, -0.2) is 9.97 Å². The molecule has 1 aliphatic carbocycles. The maximum Gasteiger partial charge on any atom is 0.236 e. The molecule has 0 N–H and O–H groups in total. The van der Waals surface area contributed by atoms with Crippen LogP contribution in [0.4, 0.5) is 11.5 Å². The van der Waals surface area contributed by atoms with E-state index < -0.39 is 0 Å². The van der Waals surface area contributed by atoms with Gasteiger partial charge in [-0.3, -0.25) is 4.57 Å².